The summed E-state index contributed by atoms with van der Waals surface area (Å²) in [5.74, 6) is 0. The van der Waals surface area contributed by atoms with Crippen molar-refractivity contribution in [1.29, 1.82) is 0 Å². The molecule has 1 aromatic carbocycles. The Bertz CT molecular complexity index is 504. The van der Waals surface area contributed by atoms with E-state index < -0.39 is 0 Å². The molecule has 1 nitrogen and oxygen atoms in total. The molecule has 0 radical (unpaired) electrons. The predicted octanol–water partition coefficient (Wildman–Crippen LogP) is 3.74. The Labute approximate surface area is 91.5 Å². The molecule has 0 atom stereocenters. The van der Waals surface area contributed by atoms with Crippen LogP contribution in [0.2, 0.25) is 0 Å². The second-order valence-electron chi connectivity index (χ2n) is 3.08. The van der Waals surface area contributed by atoms with E-state index in [2.05, 4.69) is 63.3 Å². The maximum absolute atomic E-state index is 3.55. The quantitative estimate of drug-likeness (QED) is 0.713. The molecule has 2 aromatic rings. The van der Waals surface area contributed by atoms with Gasteiger partial charge in [-0.05, 0) is 30.3 Å². The van der Waals surface area contributed by atoms with Gasteiger partial charge in [-0.3, -0.25) is 0 Å². The highest BCUT2D eigenvalue weighted by molar-refractivity contribution is 9.10. The minimum atomic E-state index is 0.828. The lowest BCUT2D eigenvalue weighted by atomic mass is 10.2. The molecular formula is C12H10BrN. The second-order valence-corrected chi connectivity index (χ2v) is 4.00. The number of halogens is 1. The molecule has 0 aliphatic carbocycles. The van der Waals surface area contributed by atoms with Crippen LogP contribution in [0.25, 0.3) is 10.9 Å². The van der Waals surface area contributed by atoms with Gasteiger partial charge in [-0.25, -0.2) is 0 Å². The van der Waals surface area contributed by atoms with Crippen molar-refractivity contribution < 1.29 is 0 Å². The summed E-state index contributed by atoms with van der Waals surface area (Å²) >= 11 is 3.45. The Kier molecular flexibility index (Phi) is 2.58. The Morgan fingerprint density at radius 2 is 2.29 bits per heavy atom. The largest absolute Gasteiger partial charge is 0.343 e. The standard InChI is InChI=1S/C12H10BrN/c1-2-3-7-14-8-6-10-9-11(13)4-5-12(10)14/h3-6,8-9H,1,7H2. The van der Waals surface area contributed by atoms with Crippen LogP contribution >= 0.6 is 15.9 Å². The van der Waals surface area contributed by atoms with Crippen molar-refractivity contribution in [3.8, 4) is 0 Å². The molecule has 0 amide bonds. The lowest BCUT2D eigenvalue weighted by molar-refractivity contribution is 0.865. The first-order valence-electron chi connectivity index (χ1n) is 4.40. The molecule has 0 unspecified atom stereocenters. The molecule has 1 heterocycles. The summed E-state index contributed by atoms with van der Waals surface area (Å²) < 4.78 is 3.28. The van der Waals surface area contributed by atoms with E-state index in [-0.39, 0.29) is 0 Å². The lowest BCUT2D eigenvalue weighted by Crippen LogP contribution is -1.91. The number of hydrogen-bond donors (Lipinski definition) is 0. The molecule has 0 aliphatic rings. The van der Waals surface area contributed by atoms with Gasteiger partial charge in [0.2, 0.25) is 0 Å². The van der Waals surface area contributed by atoms with Crippen molar-refractivity contribution >= 4 is 26.8 Å². The van der Waals surface area contributed by atoms with Gasteiger partial charge in [-0.1, -0.05) is 22.5 Å². The van der Waals surface area contributed by atoms with Gasteiger partial charge in [0, 0.05) is 28.1 Å². The van der Waals surface area contributed by atoms with Crippen molar-refractivity contribution in [1.82, 2.24) is 4.57 Å². The zero-order valence-corrected chi connectivity index (χ0v) is 9.29. The maximum Gasteiger partial charge on any atom is 0.0484 e. The molecule has 2 heteroatoms. The van der Waals surface area contributed by atoms with E-state index in [9.17, 15) is 0 Å². The van der Waals surface area contributed by atoms with Gasteiger partial charge < -0.3 is 4.57 Å². The first-order chi connectivity index (χ1) is 6.81. The van der Waals surface area contributed by atoms with Crippen molar-refractivity contribution in [3.05, 3.63) is 53.3 Å². The number of hydrogen-bond acceptors (Lipinski definition) is 0. The highest BCUT2D eigenvalue weighted by Crippen LogP contribution is 2.20. The summed E-state index contributed by atoms with van der Waals surface area (Å²) in [6, 6.07) is 8.38. The Balaban J connectivity index is 2.52. The summed E-state index contributed by atoms with van der Waals surface area (Å²) in [6.45, 7) is 4.38. The number of rotatable bonds is 2. The van der Waals surface area contributed by atoms with E-state index in [1.807, 2.05) is 6.08 Å². The molecule has 14 heavy (non-hydrogen) atoms. The van der Waals surface area contributed by atoms with E-state index in [0.29, 0.717) is 0 Å². The summed E-state index contributed by atoms with van der Waals surface area (Å²) in [5.41, 5.74) is 4.01. The number of nitrogens with zero attached hydrogens (tertiary/aromatic N) is 1. The van der Waals surface area contributed by atoms with Crippen LogP contribution in [-0.4, -0.2) is 4.57 Å². The van der Waals surface area contributed by atoms with Crippen molar-refractivity contribution in [2.24, 2.45) is 0 Å². The predicted molar refractivity (Wildman–Crippen MR) is 63.3 cm³/mol. The van der Waals surface area contributed by atoms with Gasteiger partial charge in [0.15, 0.2) is 0 Å². The molecular weight excluding hydrogens is 238 g/mol. The van der Waals surface area contributed by atoms with E-state index in [0.717, 1.165) is 11.0 Å². The number of aromatic nitrogens is 1. The Morgan fingerprint density at radius 1 is 1.43 bits per heavy atom. The molecule has 0 aliphatic heterocycles. The highest BCUT2D eigenvalue weighted by atomic mass is 79.9. The SMILES string of the molecule is C=C=CCn1ccc2cc(Br)ccc21. The third-order valence-corrected chi connectivity index (χ3v) is 2.66. The molecule has 0 bridgehead atoms. The monoisotopic (exact) mass is 247 g/mol. The fourth-order valence-corrected chi connectivity index (χ4v) is 1.87. The molecule has 0 N–H and O–H groups in total. The minimum absolute atomic E-state index is 0.828. The van der Waals surface area contributed by atoms with Crippen molar-refractivity contribution in [2.45, 2.75) is 6.54 Å². The highest BCUT2D eigenvalue weighted by Gasteiger charge is 1.99. The average Bonchev–Trinajstić information content (AvgIpc) is 2.57. The van der Waals surface area contributed by atoms with Crippen LogP contribution in [0.15, 0.2) is 53.3 Å². The van der Waals surface area contributed by atoms with Gasteiger partial charge in [0.1, 0.15) is 0 Å². The summed E-state index contributed by atoms with van der Waals surface area (Å²) in [4.78, 5) is 0. The number of fused-ring (bicyclic) bond motifs is 1. The van der Waals surface area contributed by atoms with Crippen LogP contribution in [-0.2, 0) is 6.54 Å². The third kappa shape index (κ3) is 1.67. The van der Waals surface area contributed by atoms with Crippen LogP contribution in [0.1, 0.15) is 0 Å². The fraction of sp³-hybridized carbons (Fsp3) is 0.0833. The second kappa shape index (κ2) is 3.87. The first kappa shape index (κ1) is 9.32. The van der Waals surface area contributed by atoms with E-state index in [1.165, 1.54) is 10.9 Å². The van der Waals surface area contributed by atoms with Gasteiger partial charge in [0.25, 0.3) is 0 Å². The van der Waals surface area contributed by atoms with E-state index in [4.69, 9.17) is 0 Å². The van der Waals surface area contributed by atoms with Crippen LogP contribution in [0.5, 0.6) is 0 Å². The molecule has 0 fully saturated rings. The van der Waals surface area contributed by atoms with Gasteiger partial charge in [-0.2, -0.15) is 0 Å². The zero-order valence-electron chi connectivity index (χ0n) is 7.70. The molecule has 0 saturated heterocycles. The Morgan fingerprint density at radius 3 is 3.07 bits per heavy atom. The fourth-order valence-electron chi connectivity index (χ4n) is 1.49. The molecule has 0 spiro atoms. The summed E-state index contributed by atoms with van der Waals surface area (Å²) in [6.07, 6.45) is 3.99. The molecule has 0 saturated carbocycles. The maximum atomic E-state index is 3.55. The normalized spacial score (nSPS) is 10.1. The molecule has 2 rings (SSSR count). The summed E-state index contributed by atoms with van der Waals surface area (Å²) in [5, 5.41) is 1.25. The average molecular weight is 248 g/mol. The minimum Gasteiger partial charge on any atom is -0.343 e. The van der Waals surface area contributed by atoms with Gasteiger partial charge in [0.05, 0.1) is 0 Å². The number of allylic oxidation sites excluding steroid dienone is 1. The Hall–Kier alpha value is -1.24. The topological polar surface area (TPSA) is 4.93 Å². The summed E-state index contributed by atoms with van der Waals surface area (Å²) in [7, 11) is 0. The van der Waals surface area contributed by atoms with Gasteiger partial charge in [-0.15, -0.1) is 5.73 Å². The van der Waals surface area contributed by atoms with E-state index in [1.54, 1.807) is 0 Å². The van der Waals surface area contributed by atoms with Crippen molar-refractivity contribution in [2.75, 3.05) is 0 Å². The smallest absolute Gasteiger partial charge is 0.0484 e. The third-order valence-electron chi connectivity index (χ3n) is 2.17. The van der Waals surface area contributed by atoms with Crippen LogP contribution in [0.4, 0.5) is 0 Å². The molecule has 1 aromatic heterocycles. The van der Waals surface area contributed by atoms with Crippen molar-refractivity contribution in [3.63, 3.8) is 0 Å². The first-order valence-corrected chi connectivity index (χ1v) is 5.19. The van der Waals surface area contributed by atoms with Crippen LogP contribution < -0.4 is 0 Å². The van der Waals surface area contributed by atoms with Gasteiger partial charge >= 0.3 is 0 Å². The van der Waals surface area contributed by atoms with Crippen LogP contribution in [0, 0.1) is 0 Å². The van der Waals surface area contributed by atoms with Crippen LogP contribution in [0.3, 0.4) is 0 Å². The molecule has 70 valence electrons. The number of benzene rings is 1. The lowest BCUT2D eigenvalue weighted by Gasteiger charge is -2.00. The van der Waals surface area contributed by atoms with E-state index >= 15 is 0 Å². The zero-order chi connectivity index (χ0) is 9.97.